The summed E-state index contributed by atoms with van der Waals surface area (Å²) in [6.45, 7) is 8.27. The topological polar surface area (TPSA) is 41.5 Å². The van der Waals surface area contributed by atoms with E-state index < -0.39 is 6.10 Å². The Hall–Kier alpha value is 0.170. The highest BCUT2D eigenvalue weighted by molar-refractivity contribution is 6.18. The standard InChI is InChI=1S/C12H26ClNO2/c1-6-11(3,10(15)8-13)9-12(4,7-2)16-14-5/h10,14-15H,6-9H2,1-5H3. The predicted octanol–water partition coefficient (Wildman–Crippen LogP) is 2.71. The van der Waals surface area contributed by atoms with E-state index in [0.717, 1.165) is 19.3 Å². The molecule has 0 saturated heterocycles. The molecule has 3 atom stereocenters. The first-order chi connectivity index (χ1) is 7.37. The Morgan fingerprint density at radius 3 is 2.19 bits per heavy atom. The molecular formula is C12H26ClNO2. The van der Waals surface area contributed by atoms with Crippen LogP contribution in [0.5, 0.6) is 0 Å². The Labute approximate surface area is 104 Å². The molecule has 0 aliphatic carbocycles. The van der Waals surface area contributed by atoms with Crippen LogP contribution in [0, 0.1) is 5.41 Å². The van der Waals surface area contributed by atoms with Gasteiger partial charge in [-0.1, -0.05) is 20.8 Å². The fraction of sp³-hybridized carbons (Fsp3) is 1.00. The zero-order valence-corrected chi connectivity index (χ0v) is 11.9. The summed E-state index contributed by atoms with van der Waals surface area (Å²) in [6.07, 6.45) is 2.05. The summed E-state index contributed by atoms with van der Waals surface area (Å²) in [5.74, 6) is 0.268. The molecule has 0 fully saturated rings. The molecule has 0 radical (unpaired) electrons. The molecule has 0 aliphatic rings. The third-order valence-electron chi connectivity index (χ3n) is 3.63. The maximum absolute atomic E-state index is 10.00. The number of alkyl halides is 1. The second-order valence-corrected chi connectivity index (χ2v) is 5.27. The maximum atomic E-state index is 10.00. The zero-order chi connectivity index (χ0) is 12.8. The number of rotatable bonds is 8. The number of hydrogen-bond acceptors (Lipinski definition) is 3. The molecule has 3 unspecified atom stereocenters. The highest BCUT2D eigenvalue weighted by atomic mass is 35.5. The summed E-state index contributed by atoms with van der Waals surface area (Å²) < 4.78 is 0. The van der Waals surface area contributed by atoms with Gasteiger partial charge in [0.15, 0.2) is 0 Å². The van der Waals surface area contributed by atoms with Crippen molar-refractivity contribution in [3.05, 3.63) is 0 Å². The van der Waals surface area contributed by atoms with Gasteiger partial charge in [0.1, 0.15) is 0 Å². The molecular weight excluding hydrogens is 226 g/mol. The van der Waals surface area contributed by atoms with Crippen molar-refractivity contribution in [1.82, 2.24) is 5.48 Å². The molecule has 2 N–H and O–H groups in total. The summed E-state index contributed by atoms with van der Waals surface area (Å²) in [6, 6.07) is 0. The van der Waals surface area contributed by atoms with Crippen molar-refractivity contribution < 1.29 is 9.94 Å². The average Bonchev–Trinajstić information content (AvgIpc) is 2.28. The molecule has 4 heteroatoms. The first kappa shape index (κ1) is 16.2. The van der Waals surface area contributed by atoms with E-state index in [-0.39, 0.29) is 16.9 Å². The van der Waals surface area contributed by atoms with Crippen molar-refractivity contribution in [2.75, 3.05) is 12.9 Å². The van der Waals surface area contributed by atoms with Crippen LogP contribution in [0.25, 0.3) is 0 Å². The van der Waals surface area contributed by atoms with Crippen LogP contribution in [-0.4, -0.2) is 29.7 Å². The van der Waals surface area contributed by atoms with E-state index in [1.807, 2.05) is 0 Å². The normalized spacial score (nSPS) is 21.2. The smallest absolute Gasteiger partial charge is 0.0872 e. The summed E-state index contributed by atoms with van der Waals surface area (Å²) in [4.78, 5) is 5.57. The van der Waals surface area contributed by atoms with Crippen LogP contribution in [0.4, 0.5) is 0 Å². The van der Waals surface area contributed by atoms with Crippen LogP contribution in [0.15, 0.2) is 0 Å². The number of nitrogens with one attached hydrogen (secondary N) is 1. The number of aliphatic hydroxyl groups excluding tert-OH is 1. The van der Waals surface area contributed by atoms with Gasteiger partial charge in [0.05, 0.1) is 11.7 Å². The van der Waals surface area contributed by atoms with E-state index in [1.165, 1.54) is 0 Å². The van der Waals surface area contributed by atoms with Gasteiger partial charge < -0.3 is 5.11 Å². The Morgan fingerprint density at radius 1 is 1.31 bits per heavy atom. The van der Waals surface area contributed by atoms with Crippen molar-refractivity contribution in [2.45, 2.75) is 58.7 Å². The third kappa shape index (κ3) is 4.21. The van der Waals surface area contributed by atoms with Crippen LogP contribution >= 0.6 is 11.6 Å². The molecule has 0 amide bonds. The minimum Gasteiger partial charge on any atom is -0.391 e. The number of hydrogen-bond donors (Lipinski definition) is 2. The highest BCUT2D eigenvalue weighted by Crippen LogP contribution is 2.38. The molecule has 0 aromatic carbocycles. The van der Waals surface area contributed by atoms with Gasteiger partial charge in [-0.25, -0.2) is 5.48 Å². The highest BCUT2D eigenvalue weighted by Gasteiger charge is 2.38. The van der Waals surface area contributed by atoms with Crippen LogP contribution < -0.4 is 5.48 Å². The van der Waals surface area contributed by atoms with Gasteiger partial charge in [-0.2, -0.15) is 0 Å². The van der Waals surface area contributed by atoms with E-state index in [4.69, 9.17) is 16.4 Å². The fourth-order valence-electron chi connectivity index (χ4n) is 2.00. The SMILES string of the molecule is CCC(C)(CC(C)(CC)C(O)CCl)ONC. The van der Waals surface area contributed by atoms with Crippen molar-refractivity contribution in [3.63, 3.8) is 0 Å². The molecule has 0 aliphatic heterocycles. The average molecular weight is 252 g/mol. The monoisotopic (exact) mass is 251 g/mol. The lowest BCUT2D eigenvalue weighted by Gasteiger charge is -2.40. The molecule has 3 nitrogen and oxygen atoms in total. The largest absolute Gasteiger partial charge is 0.391 e. The van der Waals surface area contributed by atoms with E-state index in [0.29, 0.717) is 0 Å². The van der Waals surface area contributed by atoms with Crippen LogP contribution in [-0.2, 0) is 4.84 Å². The van der Waals surface area contributed by atoms with Gasteiger partial charge in [0.25, 0.3) is 0 Å². The van der Waals surface area contributed by atoms with Gasteiger partial charge in [0, 0.05) is 12.9 Å². The van der Waals surface area contributed by atoms with Crippen molar-refractivity contribution in [2.24, 2.45) is 5.41 Å². The Kier molecular flexibility index (Phi) is 6.87. The molecule has 0 aromatic heterocycles. The summed E-state index contributed by atoms with van der Waals surface area (Å²) >= 11 is 5.76. The van der Waals surface area contributed by atoms with E-state index in [1.54, 1.807) is 7.05 Å². The maximum Gasteiger partial charge on any atom is 0.0872 e. The van der Waals surface area contributed by atoms with Gasteiger partial charge in [-0.15, -0.1) is 11.6 Å². The molecule has 0 rings (SSSR count). The predicted molar refractivity (Wildman–Crippen MR) is 68.6 cm³/mol. The van der Waals surface area contributed by atoms with E-state index in [9.17, 15) is 5.11 Å². The quantitative estimate of drug-likeness (QED) is 0.515. The number of hydroxylamine groups is 1. The van der Waals surface area contributed by atoms with Gasteiger partial charge in [-0.05, 0) is 31.6 Å². The Balaban J connectivity index is 4.72. The third-order valence-corrected chi connectivity index (χ3v) is 3.92. The summed E-state index contributed by atoms with van der Waals surface area (Å²) in [7, 11) is 1.76. The molecule has 0 bridgehead atoms. The van der Waals surface area contributed by atoms with Crippen LogP contribution in [0.1, 0.15) is 47.0 Å². The molecule has 0 saturated carbocycles. The van der Waals surface area contributed by atoms with E-state index >= 15 is 0 Å². The van der Waals surface area contributed by atoms with E-state index in [2.05, 4.69) is 33.2 Å². The first-order valence-corrected chi connectivity index (χ1v) is 6.49. The van der Waals surface area contributed by atoms with Gasteiger partial charge in [0.2, 0.25) is 0 Å². The second-order valence-electron chi connectivity index (χ2n) is 4.96. The van der Waals surface area contributed by atoms with Gasteiger partial charge in [-0.3, -0.25) is 4.84 Å². The molecule has 16 heavy (non-hydrogen) atoms. The van der Waals surface area contributed by atoms with Crippen molar-refractivity contribution >= 4 is 11.6 Å². The molecule has 98 valence electrons. The summed E-state index contributed by atoms with van der Waals surface area (Å²) in [5, 5.41) is 10.00. The number of halogens is 1. The van der Waals surface area contributed by atoms with Crippen LogP contribution in [0.2, 0.25) is 0 Å². The zero-order valence-electron chi connectivity index (χ0n) is 11.1. The minimum absolute atomic E-state index is 0.205. The van der Waals surface area contributed by atoms with Gasteiger partial charge >= 0.3 is 0 Å². The second kappa shape index (κ2) is 6.80. The lowest BCUT2D eigenvalue weighted by atomic mass is 9.73. The lowest BCUT2D eigenvalue weighted by molar-refractivity contribution is -0.125. The minimum atomic E-state index is -0.495. The number of aliphatic hydroxyl groups is 1. The first-order valence-electron chi connectivity index (χ1n) is 5.96. The van der Waals surface area contributed by atoms with Crippen LogP contribution in [0.3, 0.4) is 0 Å². The molecule has 0 aromatic rings. The Morgan fingerprint density at radius 2 is 1.88 bits per heavy atom. The van der Waals surface area contributed by atoms with Crippen molar-refractivity contribution in [3.8, 4) is 0 Å². The van der Waals surface area contributed by atoms with Crippen molar-refractivity contribution in [1.29, 1.82) is 0 Å². The fourth-order valence-corrected chi connectivity index (χ4v) is 2.37. The summed E-state index contributed by atoms with van der Waals surface area (Å²) in [5.41, 5.74) is 2.27. The Bertz CT molecular complexity index is 203. The molecule has 0 heterocycles. The lowest BCUT2D eigenvalue weighted by Crippen LogP contribution is -2.44. The molecule has 0 spiro atoms.